The second-order valence-corrected chi connectivity index (χ2v) is 7.76. The fraction of sp³-hybridized carbons (Fsp3) is 0.308. The van der Waals surface area contributed by atoms with E-state index in [0.717, 1.165) is 17.5 Å². The van der Waals surface area contributed by atoms with Gasteiger partial charge in [0.2, 0.25) is 11.7 Å². The second kappa shape index (κ2) is 11.9. The molecule has 35 heavy (non-hydrogen) atoms. The number of nitrogens with zero attached hydrogens (tertiary/aromatic N) is 3. The zero-order valence-electron chi connectivity index (χ0n) is 20.5. The molecule has 3 aromatic rings. The van der Waals surface area contributed by atoms with Gasteiger partial charge in [-0.1, -0.05) is 12.2 Å². The van der Waals surface area contributed by atoms with Gasteiger partial charge in [-0.3, -0.25) is 4.79 Å². The Labute approximate surface area is 205 Å². The summed E-state index contributed by atoms with van der Waals surface area (Å²) in [5.41, 5.74) is 8.67. The highest BCUT2D eigenvalue weighted by Gasteiger charge is 2.19. The summed E-state index contributed by atoms with van der Waals surface area (Å²) >= 11 is 0. The van der Waals surface area contributed by atoms with E-state index in [4.69, 9.17) is 24.9 Å². The van der Waals surface area contributed by atoms with Crippen LogP contribution in [0.25, 0.3) is 11.0 Å². The number of methoxy groups -OCH3 is 3. The van der Waals surface area contributed by atoms with E-state index >= 15 is 0 Å². The van der Waals surface area contributed by atoms with E-state index < -0.39 is 0 Å². The number of imidazole rings is 1. The average molecular weight is 480 g/mol. The molecule has 186 valence electrons. The number of aryl methyl sites for hydroxylation is 1. The first-order chi connectivity index (χ1) is 17.0. The number of fused-ring (bicyclic) bond motifs is 1. The van der Waals surface area contributed by atoms with Crippen molar-refractivity contribution in [1.29, 1.82) is 0 Å². The van der Waals surface area contributed by atoms with Crippen molar-refractivity contribution in [2.24, 2.45) is 5.73 Å². The maximum atomic E-state index is 13.1. The van der Waals surface area contributed by atoms with Gasteiger partial charge in [0, 0.05) is 43.0 Å². The van der Waals surface area contributed by atoms with Gasteiger partial charge in [-0.25, -0.2) is 4.98 Å². The monoisotopic (exact) mass is 479 g/mol. The lowest BCUT2D eigenvalue weighted by molar-refractivity contribution is 0.0791. The molecule has 2 aromatic carbocycles. The van der Waals surface area contributed by atoms with Crippen molar-refractivity contribution in [3.63, 3.8) is 0 Å². The van der Waals surface area contributed by atoms with Crippen LogP contribution in [0.4, 0.5) is 11.6 Å². The molecule has 0 aliphatic heterocycles. The van der Waals surface area contributed by atoms with E-state index in [-0.39, 0.29) is 5.91 Å². The van der Waals surface area contributed by atoms with Gasteiger partial charge in [0.1, 0.15) is 0 Å². The third kappa shape index (κ3) is 5.58. The van der Waals surface area contributed by atoms with Crippen molar-refractivity contribution < 1.29 is 19.0 Å². The van der Waals surface area contributed by atoms with E-state index in [9.17, 15) is 4.79 Å². The number of anilines is 2. The van der Waals surface area contributed by atoms with E-state index in [1.165, 1.54) is 0 Å². The van der Waals surface area contributed by atoms with E-state index in [0.29, 0.717) is 60.6 Å². The SMILES string of the molecule is C=CCN(CC=C)C(=O)c1ccc2nc(Nc3cc(OC)c(OC)c(OC)c3)n(CCCN)c2c1. The number of ether oxygens (including phenoxy) is 3. The molecule has 3 N–H and O–H groups in total. The Bertz CT molecular complexity index is 1170. The first-order valence-corrected chi connectivity index (χ1v) is 11.3. The zero-order chi connectivity index (χ0) is 25.4. The zero-order valence-corrected chi connectivity index (χ0v) is 20.5. The lowest BCUT2D eigenvalue weighted by atomic mass is 10.1. The first kappa shape index (κ1) is 25.6. The topological polar surface area (TPSA) is 104 Å². The second-order valence-electron chi connectivity index (χ2n) is 7.76. The molecule has 3 rings (SSSR count). The van der Waals surface area contributed by atoms with Crippen molar-refractivity contribution in [3.05, 3.63) is 61.2 Å². The number of rotatable bonds is 13. The van der Waals surface area contributed by atoms with Crippen LogP contribution in [-0.4, -0.2) is 61.3 Å². The number of hydrogen-bond acceptors (Lipinski definition) is 7. The fourth-order valence-electron chi connectivity index (χ4n) is 3.84. The maximum absolute atomic E-state index is 13.1. The Morgan fingerprint density at radius 3 is 2.29 bits per heavy atom. The minimum atomic E-state index is -0.0996. The molecular weight excluding hydrogens is 446 g/mol. The van der Waals surface area contributed by atoms with Crippen LogP contribution in [0.5, 0.6) is 17.2 Å². The van der Waals surface area contributed by atoms with Gasteiger partial charge in [-0.15, -0.1) is 13.2 Å². The molecule has 0 radical (unpaired) electrons. The van der Waals surface area contributed by atoms with Gasteiger partial charge in [0.15, 0.2) is 11.5 Å². The normalized spacial score (nSPS) is 10.6. The predicted molar refractivity (Wildman–Crippen MR) is 139 cm³/mol. The van der Waals surface area contributed by atoms with Crippen LogP contribution in [-0.2, 0) is 6.54 Å². The molecule has 0 fully saturated rings. The predicted octanol–water partition coefficient (Wildman–Crippen LogP) is 3.97. The van der Waals surface area contributed by atoms with Crippen molar-refractivity contribution in [2.75, 3.05) is 46.3 Å². The molecule has 0 saturated carbocycles. The van der Waals surface area contributed by atoms with E-state index in [1.54, 1.807) is 44.4 Å². The summed E-state index contributed by atoms with van der Waals surface area (Å²) < 4.78 is 18.4. The third-order valence-corrected chi connectivity index (χ3v) is 5.49. The van der Waals surface area contributed by atoms with Crippen LogP contribution in [0.3, 0.4) is 0 Å². The Kier molecular flexibility index (Phi) is 8.74. The summed E-state index contributed by atoms with van der Waals surface area (Å²) in [7, 11) is 4.69. The number of benzene rings is 2. The number of carbonyl (C=O) groups is 1. The summed E-state index contributed by atoms with van der Waals surface area (Å²) in [6.07, 6.45) is 4.14. The smallest absolute Gasteiger partial charge is 0.254 e. The minimum absolute atomic E-state index is 0.0996. The summed E-state index contributed by atoms with van der Waals surface area (Å²) in [6, 6.07) is 9.12. The lowest BCUT2D eigenvalue weighted by Crippen LogP contribution is -2.31. The van der Waals surface area contributed by atoms with Crippen molar-refractivity contribution in [3.8, 4) is 17.2 Å². The highest BCUT2D eigenvalue weighted by molar-refractivity contribution is 5.98. The number of amides is 1. The molecular formula is C26H33N5O4. The quantitative estimate of drug-likeness (QED) is 0.358. The molecule has 1 amide bonds. The molecule has 9 heteroatoms. The van der Waals surface area contributed by atoms with Crippen LogP contribution >= 0.6 is 0 Å². The molecule has 0 aliphatic carbocycles. The maximum Gasteiger partial charge on any atom is 0.254 e. The number of nitrogens with one attached hydrogen (secondary N) is 1. The van der Waals surface area contributed by atoms with Crippen LogP contribution < -0.4 is 25.3 Å². The van der Waals surface area contributed by atoms with Gasteiger partial charge in [-0.05, 0) is 31.2 Å². The highest BCUT2D eigenvalue weighted by atomic mass is 16.5. The average Bonchev–Trinajstić information content (AvgIpc) is 3.21. The fourth-order valence-corrected chi connectivity index (χ4v) is 3.84. The van der Waals surface area contributed by atoms with Crippen LogP contribution in [0.2, 0.25) is 0 Å². The Morgan fingerprint density at radius 1 is 1.09 bits per heavy atom. The van der Waals surface area contributed by atoms with Crippen molar-refractivity contribution in [2.45, 2.75) is 13.0 Å². The Morgan fingerprint density at radius 2 is 1.74 bits per heavy atom. The van der Waals surface area contributed by atoms with Crippen LogP contribution in [0.15, 0.2) is 55.6 Å². The van der Waals surface area contributed by atoms with E-state index in [2.05, 4.69) is 18.5 Å². The van der Waals surface area contributed by atoms with Crippen molar-refractivity contribution >= 4 is 28.6 Å². The molecule has 0 unspecified atom stereocenters. The summed E-state index contributed by atoms with van der Waals surface area (Å²) in [5.74, 6) is 2.07. The van der Waals surface area contributed by atoms with Gasteiger partial charge < -0.3 is 34.7 Å². The molecule has 0 saturated heterocycles. The molecule has 1 aromatic heterocycles. The van der Waals surface area contributed by atoms with Gasteiger partial charge >= 0.3 is 0 Å². The van der Waals surface area contributed by atoms with Crippen LogP contribution in [0.1, 0.15) is 16.8 Å². The highest BCUT2D eigenvalue weighted by Crippen LogP contribution is 2.40. The van der Waals surface area contributed by atoms with Crippen LogP contribution in [0, 0.1) is 0 Å². The number of nitrogens with two attached hydrogens (primary N) is 1. The lowest BCUT2D eigenvalue weighted by Gasteiger charge is -2.19. The number of aromatic nitrogens is 2. The summed E-state index contributed by atoms with van der Waals surface area (Å²) in [6.45, 7) is 9.51. The number of carbonyl (C=O) groups excluding carboxylic acids is 1. The van der Waals surface area contributed by atoms with Gasteiger partial charge in [-0.2, -0.15) is 0 Å². The summed E-state index contributed by atoms with van der Waals surface area (Å²) in [4.78, 5) is 19.6. The minimum Gasteiger partial charge on any atom is -0.493 e. The largest absolute Gasteiger partial charge is 0.493 e. The molecule has 1 heterocycles. The molecule has 0 atom stereocenters. The first-order valence-electron chi connectivity index (χ1n) is 11.3. The Balaban J connectivity index is 2.05. The third-order valence-electron chi connectivity index (χ3n) is 5.49. The van der Waals surface area contributed by atoms with Crippen molar-refractivity contribution in [1.82, 2.24) is 14.5 Å². The molecule has 0 aliphatic rings. The van der Waals surface area contributed by atoms with E-state index in [1.807, 2.05) is 28.8 Å². The van der Waals surface area contributed by atoms with Gasteiger partial charge in [0.25, 0.3) is 5.91 Å². The van der Waals surface area contributed by atoms with Gasteiger partial charge in [0.05, 0.1) is 32.4 Å². The molecule has 0 bridgehead atoms. The molecule has 9 nitrogen and oxygen atoms in total. The number of hydrogen-bond donors (Lipinski definition) is 2. The summed E-state index contributed by atoms with van der Waals surface area (Å²) in [5, 5.41) is 3.36. The molecule has 0 spiro atoms. The standard InChI is InChI=1S/C26H33N5O4/c1-6-12-30(13-7-2)25(32)18-9-10-20-21(15-18)31(14-8-11-27)26(29-20)28-19-16-22(33-3)24(35-5)23(17-19)34-4/h6-7,9-10,15-17H,1-2,8,11-14,27H2,3-5H3,(H,28,29). The Hall–Kier alpha value is -3.98.